The lowest BCUT2D eigenvalue weighted by Crippen LogP contribution is -2.12. The number of hydrogen-bond donors (Lipinski definition) is 2. The standard InChI is InChI=1S/C17H18FNO3/c1-22-16-7-5-12(10-15(16)18)6-8-17(21)19-14-4-2-3-13(9-14)11-20/h2-5,7,9-10,20H,6,8,11H2,1H3,(H,19,21). The van der Waals surface area contributed by atoms with Crippen LogP contribution >= 0.6 is 0 Å². The zero-order valence-electron chi connectivity index (χ0n) is 12.3. The van der Waals surface area contributed by atoms with Gasteiger partial charge in [-0.05, 0) is 41.8 Å². The van der Waals surface area contributed by atoms with E-state index in [1.54, 1.807) is 36.4 Å². The molecule has 0 unspecified atom stereocenters. The van der Waals surface area contributed by atoms with E-state index in [0.717, 1.165) is 11.1 Å². The van der Waals surface area contributed by atoms with E-state index < -0.39 is 5.82 Å². The Labute approximate surface area is 128 Å². The Morgan fingerprint density at radius 3 is 2.73 bits per heavy atom. The number of aliphatic hydroxyl groups excluding tert-OH is 1. The molecular weight excluding hydrogens is 285 g/mol. The molecule has 0 atom stereocenters. The normalized spacial score (nSPS) is 10.3. The summed E-state index contributed by atoms with van der Waals surface area (Å²) in [6.45, 7) is -0.0746. The summed E-state index contributed by atoms with van der Waals surface area (Å²) < 4.78 is 18.4. The van der Waals surface area contributed by atoms with Crippen LogP contribution in [0.25, 0.3) is 0 Å². The SMILES string of the molecule is COc1ccc(CCC(=O)Nc2cccc(CO)c2)cc1F. The highest BCUT2D eigenvalue weighted by molar-refractivity contribution is 5.90. The molecule has 0 saturated carbocycles. The molecule has 4 nitrogen and oxygen atoms in total. The van der Waals surface area contributed by atoms with E-state index in [2.05, 4.69) is 5.32 Å². The minimum absolute atomic E-state index is 0.0746. The molecule has 2 aromatic carbocycles. The van der Waals surface area contributed by atoms with Gasteiger partial charge in [0, 0.05) is 12.1 Å². The van der Waals surface area contributed by atoms with Gasteiger partial charge in [0.25, 0.3) is 0 Å². The number of ether oxygens (including phenoxy) is 1. The van der Waals surface area contributed by atoms with Crippen molar-refractivity contribution in [1.29, 1.82) is 0 Å². The number of benzene rings is 2. The van der Waals surface area contributed by atoms with Crippen molar-refractivity contribution >= 4 is 11.6 Å². The van der Waals surface area contributed by atoms with Crippen LogP contribution in [0.1, 0.15) is 17.5 Å². The molecule has 0 radical (unpaired) electrons. The molecule has 22 heavy (non-hydrogen) atoms. The van der Waals surface area contributed by atoms with E-state index >= 15 is 0 Å². The van der Waals surface area contributed by atoms with Gasteiger partial charge in [-0.15, -0.1) is 0 Å². The Kier molecular flexibility index (Phi) is 5.49. The number of anilines is 1. The van der Waals surface area contributed by atoms with Gasteiger partial charge in [0.1, 0.15) is 0 Å². The number of methoxy groups -OCH3 is 1. The minimum Gasteiger partial charge on any atom is -0.494 e. The number of aryl methyl sites for hydroxylation is 1. The van der Waals surface area contributed by atoms with Crippen LogP contribution in [0.5, 0.6) is 5.75 Å². The second kappa shape index (κ2) is 7.56. The summed E-state index contributed by atoms with van der Waals surface area (Å²) in [5, 5.41) is 11.8. The fourth-order valence-corrected chi connectivity index (χ4v) is 2.09. The third-order valence-corrected chi connectivity index (χ3v) is 3.25. The lowest BCUT2D eigenvalue weighted by Gasteiger charge is -2.07. The Bertz CT molecular complexity index is 658. The van der Waals surface area contributed by atoms with E-state index in [1.165, 1.54) is 13.2 Å². The number of hydrogen-bond acceptors (Lipinski definition) is 3. The van der Waals surface area contributed by atoms with Crippen LogP contribution in [0.15, 0.2) is 42.5 Å². The van der Waals surface area contributed by atoms with Crippen molar-refractivity contribution in [3.05, 3.63) is 59.4 Å². The summed E-state index contributed by atoms with van der Waals surface area (Å²) in [5.74, 6) is -0.406. The summed E-state index contributed by atoms with van der Waals surface area (Å²) in [6, 6.07) is 11.7. The van der Waals surface area contributed by atoms with Crippen LogP contribution in [-0.2, 0) is 17.8 Å². The molecule has 2 rings (SSSR count). The monoisotopic (exact) mass is 303 g/mol. The number of nitrogens with one attached hydrogen (secondary N) is 1. The van der Waals surface area contributed by atoms with Crippen LogP contribution in [0.2, 0.25) is 0 Å². The highest BCUT2D eigenvalue weighted by atomic mass is 19.1. The molecule has 0 aliphatic carbocycles. The lowest BCUT2D eigenvalue weighted by molar-refractivity contribution is -0.116. The maximum atomic E-state index is 13.6. The summed E-state index contributed by atoms with van der Waals surface area (Å²) in [7, 11) is 1.41. The van der Waals surface area contributed by atoms with Gasteiger partial charge >= 0.3 is 0 Å². The van der Waals surface area contributed by atoms with Crippen molar-refractivity contribution in [3.63, 3.8) is 0 Å². The summed E-state index contributed by atoms with van der Waals surface area (Å²) in [6.07, 6.45) is 0.682. The molecule has 116 valence electrons. The molecule has 2 aromatic rings. The van der Waals surface area contributed by atoms with Gasteiger partial charge < -0.3 is 15.2 Å². The quantitative estimate of drug-likeness (QED) is 0.862. The number of halogens is 1. The molecule has 0 aliphatic heterocycles. The fourth-order valence-electron chi connectivity index (χ4n) is 2.09. The average molecular weight is 303 g/mol. The van der Waals surface area contributed by atoms with Gasteiger partial charge in [0.2, 0.25) is 5.91 Å². The van der Waals surface area contributed by atoms with Crippen molar-refractivity contribution in [2.45, 2.75) is 19.4 Å². The van der Waals surface area contributed by atoms with Crippen molar-refractivity contribution in [2.24, 2.45) is 0 Å². The van der Waals surface area contributed by atoms with E-state index in [9.17, 15) is 9.18 Å². The highest BCUT2D eigenvalue weighted by Gasteiger charge is 2.07. The van der Waals surface area contributed by atoms with Crippen molar-refractivity contribution in [3.8, 4) is 5.75 Å². The predicted molar refractivity (Wildman–Crippen MR) is 82.3 cm³/mol. The third kappa shape index (κ3) is 4.30. The van der Waals surface area contributed by atoms with Gasteiger partial charge in [0.15, 0.2) is 11.6 Å². The van der Waals surface area contributed by atoms with Crippen molar-refractivity contribution in [1.82, 2.24) is 0 Å². The Balaban J connectivity index is 1.91. The van der Waals surface area contributed by atoms with Crippen LogP contribution in [-0.4, -0.2) is 18.1 Å². The zero-order chi connectivity index (χ0) is 15.9. The Morgan fingerprint density at radius 1 is 1.23 bits per heavy atom. The molecule has 0 spiro atoms. The fraction of sp³-hybridized carbons (Fsp3) is 0.235. The van der Waals surface area contributed by atoms with Crippen LogP contribution < -0.4 is 10.1 Å². The topological polar surface area (TPSA) is 58.6 Å². The van der Waals surface area contributed by atoms with Crippen LogP contribution in [0, 0.1) is 5.82 Å². The predicted octanol–water partition coefficient (Wildman–Crippen LogP) is 2.90. The summed E-state index contributed by atoms with van der Waals surface area (Å²) >= 11 is 0. The van der Waals surface area contributed by atoms with E-state index in [1.807, 2.05) is 0 Å². The first-order valence-corrected chi connectivity index (χ1v) is 6.94. The highest BCUT2D eigenvalue weighted by Crippen LogP contribution is 2.18. The smallest absolute Gasteiger partial charge is 0.224 e. The Morgan fingerprint density at radius 2 is 2.05 bits per heavy atom. The molecule has 0 aliphatic rings. The summed E-state index contributed by atoms with van der Waals surface area (Å²) in [5.41, 5.74) is 2.10. The van der Waals surface area contributed by atoms with Crippen LogP contribution in [0.3, 0.4) is 0 Å². The van der Waals surface area contributed by atoms with Gasteiger partial charge in [-0.3, -0.25) is 4.79 Å². The molecule has 0 bridgehead atoms. The van der Waals surface area contributed by atoms with Crippen molar-refractivity contribution in [2.75, 3.05) is 12.4 Å². The van der Waals surface area contributed by atoms with Gasteiger partial charge in [-0.1, -0.05) is 18.2 Å². The molecule has 0 heterocycles. The lowest BCUT2D eigenvalue weighted by atomic mass is 10.1. The van der Waals surface area contributed by atoms with Gasteiger partial charge in [-0.25, -0.2) is 4.39 Å². The molecule has 0 fully saturated rings. The molecule has 5 heteroatoms. The minimum atomic E-state index is -0.434. The molecule has 1 amide bonds. The van der Waals surface area contributed by atoms with Gasteiger partial charge in [-0.2, -0.15) is 0 Å². The van der Waals surface area contributed by atoms with E-state index in [-0.39, 0.29) is 24.7 Å². The third-order valence-electron chi connectivity index (χ3n) is 3.25. The van der Waals surface area contributed by atoms with Crippen LogP contribution in [0.4, 0.5) is 10.1 Å². The second-order valence-corrected chi connectivity index (χ2v) is 4.88. The Hall–Kier alpha value is -2.40. The molecule has 0 saturated heterocycles. The average Bonchev–Trinajstić information content (AvgIpc) is 2.53. The number of rotatable bonds is 6. The number of carbonyl (C=O) groups is 1. The molecule has 0 aromatic heterocycles. The maximum Gasteiger partial charge on any atom is 0.224 e. The van der Waals surface area contributed by atoms with Gasteiger partial charge in [0.05, 0.1) is 13.7 Å². The maximum absolute atomic E-state index is 13.6. The molecule has 2 N–H and O–H groups in total. The summed E-state index contributed by atoms with van der Waals surface area (Å²) in [4.78, 5) is 11.9. The molecular formula is C17H18FNO3. The largest absolute Gasteiger partial charge is 0.494 e. The number of aliphatic hydroxyl groups is 1. The van der Waals surface area contributed by atoms with E-state index in [0.29, 0.717) is 12.1 Å². The van der Waals surface area contributed by atoms with Crippen molar-refractivity contribution < 1.29 is 19.0 Å². The number of carbonyl (C=O) groups excluding carboxylic acids is 1. The first-order valence-electron chi connectivity index (χ1n) is 6.94. The number of amides is 1. The van der Waals surface area contributed by atoms with E-state index in [4.69, 9.17) is 9.84 Å². The first kappa shape index (κ1) is 16.0. The zero-order valence-corrected chi connectivity index (χ0v) is 12.3. The first-order chi connectivity index (χ1) is 10.6. The second-order valence-electron chi connectivity index (χ2n) is 4.88.